The predicted molar refractivity (Wildman–Crippen MR) is 77.7 cm³/mol. The van der Waals surface area contributed by atoms with E-state index in [0.29, 0.717) is 22.0 Å². The molecule has 3 rings (SSSR count). The van der Waals surface area contributed by atoms with Gasteiger partial charge < -0.3 is 5.11 Å². The molecule has 2 aromatic rings. The van der Waals surface area contributed by atoms with Crippen molar-refractivity contribution in [1.29, 1.82) is 0 Å². The second-order valence-electron chi connectivity index (χ2n) is 4.23. The lowest BCUT2D eigenvalue weighted by atomic mass is 10.1. The Kier molecular flexibility index (Phi) is 3.08. The van der Waals surface area contributed by atoms with Crippen molar-refractivity contribution >= 4 is 35.2 Å². The summed E-state index contributed by atoms with van der Waals surface area (Å²) in [4.78, 5) is 20.2. The summed E-state index contributed by atoms with van der Waals surface area (Å²) in [6.07, 6.45) is 2.79. The van der Waals surface area contributed by atoms with Gasteiger partial charge in [0.25, 0.3) is 0 Å². The van der Waals surface area contributed by atoms with Crippen LogP contribution >= 0.6 is 11.6 Å². The van der Waals surface area contributed by atoms with Crippen LogP contribution < -0.4 is 0 Å². The first-order chi connectivity index (χ1) is 9.66. The average molecular weight is 285 g/mol. The first kappa shape index (κ1) is 12.6. The van der Waals surface area contributed by atoms with Crippen molar-refractivity contribution in [1.82, 2.24) is 4.98 Å². The fraction of sp³-hybridized carbons (Fsp3) is 0. The predicted octanol–water partition coefficient (Wildman–Crippen LogP) is 3.60. The van der Waals surface area contributed by atoms with E-state index in [1.807, 2.05) is 0 Å². The molecule has 0 unspecified atom stereocenters. The number of aliphatic imine (C=N–C) groups is 1. The van der Waals surface area contributed by atoms with Crippen molar-refractivity contribution in [2.24, 2.45) is 4.99 Å². The van der Waals surface area contributed by atoms with Crippen molar-refractivity contribution < 1.29 is 9.90 Å². The van der Waals surface area contributed by atoms with Gasteiger partial charge in [-0.1, -0.05) is 35.9 Å². The maximum atomic E-state index is 12.1. The molecule has 0 atom stereocenters. The van der Waals surface area contributed by atoms with Crippen LogP contribution in [0.25, 0.3) is 5.76 Å². The number of carbonyl (C=O) groups excluding carboxylic acids is 1. The van der Waals surface area contributed by atoms with E-state index >= 15 is 0 Å². The maximum Gasteiger partial charge on any atom is 0.199 e. The van der Waals surface area contributed by atoms with Crippen molar-refractivity contribution in [3.05, 3.63) is 64.3 Å². The number of allylic oxidation sites excluding steroid dienone is 1. The summed E-state index contributed by atoms with van der Waals surface area (Å²) < 4.78 is 0. The molecule has 1 N–H and O–H groups in total. The highest BCUT2D eigenvalue weighted by Crippen LogP contribution is 2.30. The van der Waals surface area contributed by atoms with Crippen LogP contribution in [0.2, 0.25) is 5.02 Å². The molecule has 0 saturated carbocycles. The summed E-state index contributed by atoms with van der Waals surface area (Å²) in [7, 11) is 0. The van der Waals surface area contributed by atoms with Gasteiger partial charge in [-0.05, 0) is 12.1 Å². The highest BCUT2D eigenvalue weighted by molar-refractivity contribution is 6.31. The number of nitrogens with zero attached hydrogens (tertiary/aromatic N) is 2. The number of benzene rings is 1. The molecule has 0 radical (unpaired) electrons. The molecular formula is C15H9ClN2O2. The van der Waals surface area contributed by atoms with E-state index in [-0.39, 0.29) is 17.1 Å². The van der Waals surface area contributed by atoms with Crippen LogP contribution in [0.1, 0.15) is 15.9 Å². The Balaban J connectivity index is 1.94. The van der Waals surface area contributed by atoms with E-state index in [9.17, 15) is 9.90 Å². The Bertz CT molecular complexity index is 749. The number of hydrogen-bond acceptors (Lipinski definition) is 4. The van der Waals surface area contributed by atoms with Crippen molar-refractivity contribution in [2.75, 3.05) is 0 Å². The number of halogens is 1. The molecule has 5 heteroatoms. The second kappa shape index (κ2) is 4.90. The van der Waals surface area contributed by atoms with Gasteiger partial charge >= 0.3 is 0 Å². The van der Waals surface area contributed by atoms with E-state index in [4.69, 9.17) is 11.6 Å². The molecule has 0 saturated heterocycles. The van der Waals surface area contributed by atoms with E-state index in [1.54, 1.807) is 36.4 Å². The quantitative estimate of drug-likeness (QED) is 0.857. The Labute approximate surface area is 120 Å². The van der Waals surface area contributed by atoms with Crippen LogP contribution in [-0.4, -0.2) is 22.1 Å². The fourth-order valence-electron chi connectivity index (χ4n) is 1.98. The van der Waals surface area contributed by atoms with E-state index in [1.165, 1.54) is 12.4 Å². The zero-order valence-electron chi connectivity index (χ0n) is 10.2. The first-order valence-corrected chi connectivity index (χ1v) is 6.27. The van der Waals surface area contributed by atoms with Crippen LogP contribution in [0.15, 0.2) is 53.2 Å². The standard InChI is InChI=1S/C15H9ClN2O2/c16-9-5-6-13(17-7-9)18-8-12-14(19)10-3-1-2-4-11(10)15(12)20/h1-8,19H. The topological polar surface area (TPSA) is 62.5 Å². The molecule has 0 bridgehead atoms. The zero-order chi connectivity index (χ0) is 14.1. The van der Waals surface area contributed by atoms with Crippen LogP contribution in [-0.2, 0) is 0 Å². The normalized spacial score (nSPS) is 14.2. The Hall–Kier alpha value is -2.46. The molecule has 1 heterocycles. The Morgan fingerprint density at radius 1 is 1.15 bits per heavy atom. The molecule has 4 nitrogen and oxygen atoms in total. The number of ketones is 1. The lowest BCUT2D eigenvalue weighted by molar-refractivity contribution is 0.104. The summed E-state index contributed by atoms with van der Waals surface area (Å²) in [6, 6.07) is 10.2. The summed E-state index contributed by atoms with van der Waals surface area (Å²) in [6.45, 7) is 0. The number of carbonyl (C=O) groups is 1. The van der Waals surface area contributed by atoms with Crippen molar-refractivity contribution in [2.45, 2.75) is 0 Å². The van der Waals surface area contributed by atoms with Crippen LogP contribution in [0.4, 0.5) is 5.82 Å². The van der Waals surface area contributed by atoms with Gasteiger partial charge in [0, 0.05) is 23.5 Å². The molecule has 0 aliphatic heterocycles. The minimum Gasteiger partial charge on any atom is -0.506 e. The van der Waals surface area contributed by atoms with Gasteiger partial charge in [0.1, 0.15) is 5.76 Å². The molecule has 98 valence electrons. The number of aromatic nitrogens is 1. The number of hydrogen-bond donors (Lipinski definition) is 1. The Morgan fingerprint density at radius 2 is 1.90 bits per heavy atom. The Morgan fingerprint density at radius 3 is 2.55 bits per heavy atom. The highest BCUT2D eigenvalue weighted by Gasteiger charge is 2.27. The third-order valence-electron chi connectivity index (χ3n) is 2.96. The summed E-state index contributed by atoms with van der Waals surface area (Å²) in [5, 5.41) is 10.6. The monoisotopic (exact) mass is 284 g/mol. The molecule has 0 spiro atoms. The summed E-state index contributed by atoms with van der Waals surface area (Å²) >= 11 is 5.73. The average Bonchev–Trinajstić information content (AvgIpc) is 2.71. The van der Waals surface area contributed by atoms with Crippen LogP contribution in [0, 0.1) is 0 Å². The van der Waals surface area contributed by atoms with Crippen LogP contribution in [0.3, 0.4) is 0 Å². The molecular weight excluding hydrogens is 276 g/mol. The zero-order valence-corrected chi connectivity index (χ0v) is 11.0. The molecule has 1 aromatic carbocycles. The van der Waals surface area contributed by atoms with E-state index in [0.717, 1.165) is 0 Å². The van der Waals surface area contributed by atoms with Gasteiger partial charge in [0.2, 0.25) is 0 Å². The number of rotatable bonds is 2. The number of fused-ring (bicyclic) bond motifs is 1. The van der Waals surface area contributed by atoms with E-state index in [2.05, 4.69) is 9.98 Å². The van der Waals surface area contributed by atoms with Gasteiger partial charge in [-0.2, -0.15) is 0 Å². The smallest absolute Gasteiger partial charge is 0.199 e. The third-order valence-corrected chi connectivity index (χ3v) is 3.19. The van der Waals surface area contributed by atoms with Crippen molar-refractivity contribution in [3.63, 3.8) is 0 Å². The molecule has 1 aliphatic carbocycles. The van der Waals surface area contributed by atoms with Gasteiger partial charge in [-0.25, -0.2) is 9.98 Å². The summed E-state index contributed by atoms with van der Waals surface area (Å²) in [5.74, 6) is 0.123. The second-order valence-corrected chi connectivity index (χ2v) is 4.67. The minimum absolute atomic E-state index is 0.0525. The van der Waals surface area contributed by atoms with Gasteiger partial charge in [-0.3, -0.25) is 4.79 Å². The SMILES string of the molecule is O=C1C(C=Nc2ccc(Cl)cn2)=C(O)c2ccccc21. The van der Waals surface area contributed by atoms with Crippen molar-refractivity contribution in [3.8, 4) is 0 Å². The third kappa shape index (κ3) is 2.10. The number of aliphatic hydroxyl groups excluding tert-OH is 1. The molecule has 1 aromatic heterocycles. The number of aliphatic hydroxyl groups is 1. The largest absolute Gasteiger partial charge is 0.506 e. The van der Waals surface area contributed by atoms with Gasteiger partial charge in [0.05, 0.1) is 10.6 Å². The fourth-order valence-corrected chi connectivity index (χ4v) is 2.09. The van der Waals surface area contributed by atoms with Gasteiger partial charge in [0.15, 0.2) is 11.6 Å². The number of Topliss-reactive ketones (excluding diaryl/α,β-unsaturated/α-hetero) is 1. The first-order valence-electron chi connectivity index (χ1n) is 5.90. The summed E-state index contributed by atoms with van der Waals surface area (Å²) in [5.41, 5.74) is 1.18. The molecule has 0 amide bonds. The lowest BCUT2D eigenvalue weighted by Gasteiger charge is -1.95. The maximum absolute atomic E-state index is 12.1. The molecule has 20 heavy (non-hydrogen) atoms. The highest BCUT2D eigenvalue weighted by atomic mass is 35.5. The minimum atomic E-state index is -0.240. The molecule has 0 fully saturated rings. The lowest BCUT2D eigenvalue weighted by Crippen LogP contribution is -1.99. The van der Waals surface area contributed by atoms with E-state index < -0.39 is 0 Å². The molecule has 1 aliphatic rings. The van der Waals surface area contributed by atoms with Crippen LogP contribution in [0.5, 0.6) is 0 Å². The number of pyridine rings is 1. The van der Waals surface area contributed by atoms with Gasteiger partial charge in [-0.15, -0.1) is 0 Å².